The Labute approximate surface area is 178 Å². The highest BCUT2D eigenvalue weighted by Crippen LogP contribution is 2.37. The van der Waals surface area contributed by atoms with E-state index in [1.807, 2.05) is 35.8 Å². The number of imidazole rings is 1. The van der Waals surface area contributed by atoms with Gasteiger partial charge in [-0.1, -0.05) is 30.3 Å². The Kier molecular flexibility index (Phi) is 6.91. The number of aromatic nitrogens is 2. The third-order valence-corrected chi connectivity index (χ3v) is 4.38. The van der Waals surface area contributed by atoms with Crippen LogP contribution in [-0.4, -0.2) is 39.6 Å². The van der Waals surface area contributed by atoms with E-state index in [2.05, 4.69) is 4.98 Å². The standard InChI is InChI=1S/C21H19N3O5.CH4O/c1-3-27-21(25)17-15-11-14(28-20-19(23-26)22-12-24(20)2)9-10-16(15)29-18(17)13-7-5-4-6-8-13;1-2/h4-12,23,26H,3H2,1-2H3;2H,1H3. The van der Waals surface area contributed by atoms with Crippen LogP contribution in [0.4, 0.5) is 5.82 Å². The number of benzene rings is 2. The molecule has 0 saturated heterocycles. The van der Waals surface area contributed by atoms with E-state index in [0.717, 1.165) is 12.7 Å². The molecule has 0 unspecified atom stereocenters. The number of aryl methyl sites for hydroxylation is 1. The number of ether oxygens (including phenoxy) is 2. The summed E-state index contributed by atoms with van der Waals surface area (Å²) in [5.74, 6) is 0.908. The fourth-order valence-corrected chi connectivity index (χ4v) is 3.07. The van der Waals surface area contributed by atoms with Crippen molar-refractivity contribution in [1.82, 2.24) is 9.55 Å². The average Bonchev–Trinajstić information content (AvgIpc) is 3.36. The van der Waals surface area contributed by atoms with Gasteiger partial charge in [0.05, 0.1) is 12.9 Å². The van der Waals surface area contributed by atoms with Gasteiger partial charge in [0, 0.05) is 25.1 Å². The van der Waals surface area contributed by atoms with Gasteiger partial charge in [-0.2, -0.15) is 0 Å². The maximum Gasteiger partial charge on any atom is 0.342 e. The minimum atomic E-state index is -0.472. The van der Waals surface area contributed by atoms with Gasteiger partial charge in [0.2, 0.25) is 11.7 Å². The fraction of sp³-hybridized carbons (Fsp3) is 0.182. The molecule has 9 nitrogen and oxygen atoms in total. The minimum absolute atomic E-state index is 0.176. The Bertz CT molecular complexity index is 1170. The van der Waals surface area contributed by atoms with Crippen LogP contribution in [0, 0.1) is 0 Å². The summed E-state index contributed by atoms with van der Waals surface area (Å²) < 4.78 is 18.7. The number of carbonyl (C=O) groups is 1. The lowest BCUT2D eigenvalue weighted by Crippen LogP contribution is -2.05. The van der Waals surface area contributed by atoms with Gasteiger partial charge in [-0.3, -0.25) is 5.21 Å². The molecule has 0 spiro atoms. The second-order valence-corrected chi connectivity index (χ2v) is 6.27. The second-order valence-electron chi connectivity index (χ2n) is 6.27. The summed E-state index contributed by atoms with van der Waals surface area (Å²) in [6, 6.07) is 14.5. The summed E-state index contributed by atoms with van der Waals surface area (Å²) >= 11 is 0. The number of carbonyl (C=O) groups excluding carboxylic acids is 1. The van der Waals surface area contributed by atoms with Gasteiger partial charge in [0.25, 0.3) is 0 Å². The van der Waals surface area contributed by atoms with Crippen LogP contribution < -0.4 is 10.2 Å². The first kappa shape index (κ1) is 21.9. The zero-order valence-corrected chi connectivity index (χ0v) is 17.3. The summed E-state index contributed by atoms with van der Waals surface area (Å²) in [5, 5.41) is 16.8. The van der Waals surface area contributed by atoms with E-state index in [4.69, 9.17) is 19.0 Å². The number of aliphatic hydroxyl groups is 1. The first-order valence-corrected chi connectivity index (χ1v) is 9.45. The lowest BCUT2D eigenvalue weighted by Gasteiger charge is -2.08. The highest BCUT2D eigenvalue weighted by atomic mass is 16.5. The van der Waals surface area contributed by atoms with Gasteiger partial charge < -0.3 is 23.6 Å². The molecule has 0 aliphatic carbocycles. The quantitative estimate of drug-likeness (QED) is 0.310. The molecule has 2 heterocycles. The first-order chi connectivity index (χ1) is 15.1. The SMILES string of the molecule is CCOC(=O)c1c(-c2ccccc2)oc2ccc(Oc3c(NO)ncn3C)cc12.CO. The molecule has 0 saturated carbocycles. The molecule has 0 amide bonds. The third kappa shape index (κ3) is 4.37. The van der Waals surface area contributed by atoms with Crippen molar-refractivity contribution in [1.29, 1.82) is 0 Å². The Morgan fingerprint density at radius 1 is 1.19 bits per heavy atom. The van der Waals surface area contributed by atoms with Crippen molar-refractivity contribution >= 4 is 22.8 Å². The maximum atomic E-state index is 12.7. The molecular formula is C22H23N3O6. The number of esters is 1. The molecule has 4 rings (SSSR count). The average molecular weight is 425 g/mol. The van der Waals surface area contributed by atoms with E-state index in [9.17, 15) is 10.0 Å². The molecule has 0 aliphatic rings. The largest absolute Gasteiger partial charge is 0.462 e. The van der Waals surface area contributed by atoms with E-state index in [1.165, 1.54) is 6.33 Å². The van der Waals surface area contributed by atoms with Crippen molar-refractivity contribution in [3.8, 4) is 23.0 Å². The van der Waals surface area contributed by atoms with Gasteiger partial charge in [0.1, 0.15) is 22.7 Å². The summed E-state index contributed by atoms with van der Waals surface area (Å²) in [7, 11) is 2.73. The van der Waals surface area contributed by atoms with Crippen LogP contribution in [-0.2, 0) is 11.8 Å². The van der Waals surface area contributed by atoms with E-state index < -0.39 is 5.97 Å². The van der Waals surface area contributed by atoms with Gasteiger partial charge in [-0.15, -0.1) is 0 Å². The number of aliphatic hydroxyl groups excluding tert-OH is 1. The Balaban J connectivity index is 0.00000132. The van der Waals surface area contributed by atoms with E-state index >= 15 is 0 Å². The van der Waals surface area contributed by atoms with Crippen LogP contribution in [0.15, 0.2) is 59.3 Å². The minimum Gasteiger partial charge on any atom is -0.462 e. The van der Waals surface area contributed by atoms with Crippen LogP contribution >= 0.6 is 0 Å². The summed E-state index contributed by atoms with van der Waals surface area (Å²) in [4.78, 5) is 16.7. The molecular weight excluding hydrogens is 402 g/mol. The van der Waals surface area contributed by atoms with E-state index in [-0.39, 0.29) is 12.4 Å². The molecule has 0 fully saturated rings. The van der Waals surface area contributed by atoms with Crippen molar-refractivity contribution < 1.29 is 29.0 Å². The Morgan fingerprint density at radius 3 is 2.61 bits per heavy atom. The first-order valence-electron chi connectivity index (χ1n) is 9.45. The van der Waals surface area contributed by atoms with E-state index in [1.54, 1.807) is 36.7 Å². The monoisotopic (exact) mass is 425 g/mol. The predicted molar refractivity (Wildman–Crippen MR) is 114 cm³/mol. The molecule has 4 aromatic rings. The molecule has 0 aliphatic heterocycles. The lowest BCUT2D eigenvalue weighted by atomic mass is 10.1. The number of nitrogens with one attached hydrogen (secondary N) is 1. The number of anilines is 1. The number of hydrogen-bond acceptors (Lipinski definition) is 8. The van der Waals surface area contributed by atoms with E-state index in [0.29, 0.717) is 33.9 Å². The van der Waals surface area contributed by atoms with Crippen LogP contribution in [0.3, 0.4) is 0 Å². The van der Waals surface area contributed by atoms with Gasteiger partial charge >= 0.3 is 5.97 Å². The molecule has 2 aromatic carbocycles. The molecule has 0 radical (unpaired) electrons. The topological polar surface area (TPSA) is 119 Å². The number of furan rings is 1. The summed E-state index contributed by atoms with van der Waals surface area (Å²) in [6.45, 7) is 2.00. The smallest absolute Gasteiger partial charge is 0.342 e. The van der Waals surface area contributed by atoms with Crippen molar-refractivity contribution in [2.45, 2.75) is 6.92 Å². The van der Waals surface area contributed by atoms with Crippen molar-refractivity contribution in [3.63, 3.8) is 0 Å². The number of hydrogen-bond donors (Lipinski definition) is 3. The third-order valence-electron chi connectivity index (χ3n) is 4.38. The van der Waals surface area contributed by atoms with Crippen LogP contribution in [0.1, 0.15) is 17.3 Å². The zero-order chi connectivity index (χ0) is 22.4. The molecule has 0 bridgehead atoms. The normalized spacial score (nSPS) is 10.4. The molecule has 162 valence electrons. The Morgan fingerprint density at radius 2 is 1.94 bits per heavy atom. The number of nitrogens with zero attached hydrogens (tertiary/aromatic N) is 2. The van der Waals surface area contributed by atoms with Crippen LogP contribution in [0.5, 0.6) is 11.6 Å². The zero-order valence-electron chi connectivity index (χ0n) is 17.3. The Hall–Kier alpha value is -3.82. The van der Waals surface area contributed by atoms with Crippen LogP contribution in [0.2, 0.25) is 0 Å². The molecule has 3 N–H and O–H groups in total. The highest BCUT2D eigenvalue weighted by Gasteiger charge is 2.24. The molecule has 2 aromatic heterocycles. The van der Waals surface area contributed by atoms with Crippen LogP contribution in [0.25, 0.3) is 22.3 Å². The predicted octanol–water partition coefficient (Wildman–Crippen LogP) is 4.21. The van der Waals surface area contributed by atoms with Crippen molar-refractivity contribution in [2.24, 2.45) is 7.05 Å². The van der Waals surface area contributed by atoms with Crippen molar-refractivity contribution in [3.05, 3.63) is 60.4 Å². The molecule has 9 heteroatoms. The summed E-state index contributed by atoms with van der Waals surface area (Å²) in [5.41, 5.74) is 3.64. The molecule has 31 heavy (non-hydrogen) atoms. The number of fused-ring (bicyclic) bond motifs is 1. The molecule has 0 atom stereocenters. The lowest BCUT2D eigenvalue weighted by molar-refractivity contribution is 0.0528. The van der Waals surface area contributed by atoms with Gasteiger partial charge in [-0.25, -0.2) is 15.3 Å². The maximum absolute atomic E-state index is 12.7. The van der Waals surface area contributed by atoms with Gasteiger partial charge in [0.15, 0.2) is 0 Å². The highest BCUT2D eigenvalue weighted by molar-refractivity contribution is 6.09. The summed E-state index contributed by atoms with van der Waals surface area (Å²) in [6.07, 6.45) is 1.50. The number of rotatable bonds is 6. The van der Waals surface area contributed by atoms with Crippen molar-refractivity contribution in [2.75, 3.05) is 19.2 Å². The fourth-order valence-electron chi connectivity index (χ4n) is 3.07. The van der Waals surface area contributed by atoms with Gasteiger partial charge in [-0.05, 0) is 25.1 Å². The second kappa shape index (κ2) is 9.79.